The van der Waals surface area contributed by atoms with Crippen LogP contribution in [-0.4, -0.2) is 23.5 Å². The van der Waals surface area contributed by atoms with Gasteiger partial charge in [0.25, 0.3) is 5.24 Å². The first-order valence-corrected chi connectivity index (χ1v) is 10.7. The lowest BCUT2D eigenvalue weighted by molar-refractivity contribution is -0.118. The Morgan fingerprint density at radius 1 is 0.871 bits per heavy atom. The molecule has 3 aromatic carbocycles. The molecule has 0 aliphatic carbocycles. The second-order valence-electron chi connectivity index (χ2n) is 7.01. The van der Waals surface area contributed by atoms with E-state index in [0.29, 0.717) is 12.2 Å². The van der Waals surface area contributed by atoms with Crippen molar-refractivity contribution in [1.82, 2.24) is 5.32 Å². The van der Waals surface area contributed by atoms with E-state index in [-0.39, 0.29) is 16.4 Å². The zero-order chi connectivity index (χ0) is 21.6. The third-order valence-electron chi connectivity index (χ3n) is 4.79. The van der Waals surface area contributed by atoms with Gasteiger partial charge in [-0.2, -0.15) is 0 Å². The van der Waals surface area contributed by atoms with Crippen LogP contribution in [0.1, 0.15) is 16.7 Å². The summed E-state index contributed by atoms with van der Waals surface area (Å²) in [6.45, 7) is 0. The third kappa shape index (κ3) is 5.55. The number of benzene rings is 3. The summed E-state index contributed by atoms with van der Waals surface area (Å²) in [4.78, 5) is 23.1. The average Bonchev–Trinajstić information content (AvgIpc) is 3.10. The normalized spacial score (nSPS) is 15.8. The lowest BCUT2D eigenvalue weighted by Gasteiger charge is -2.09. The molecule has 3 aromatic rings. The zero-order valence-electron chi connectivity index (χ0n) is 16.9. The minimum atomic E-state index is -0.389. The molecule has 1 N–H and O–H groups in total. The van der Waals surface area contributed by atoms with Crippen LogP contribution in [0.3, 0.4) is 0 Å². The molecule has 0 saturated carbocycles. The molecule has 5 nitrogen and oxygen atoms in total. The molecule has 1 saturated heterocycles. The van der Waals surface area contributed by atoms with Gasteiger partial charge in [-0.15, -0.1) is 0 Å². The van der Waals surface area contributed by atoms with Gasteiger partial charge in [0.05, 0.1) is 12.4 Å². The van der Waals surface area contributed by atoms with Gasteiger partial charge in [0.1, 0.15) is 17.2 Å². The smallest absolute Gasteiger partial charge is 0.286 e. The molecule has 1 fully saturated rings. The second-order valence-corrected chi connectivity index (χ2v) is 8.19. The van der Waals surface area contributed by atoms with Gasteiger partial charge in [-0.3, -0.25) is 14.9 Å². The van der Waals surface area contributed by atoms with E-state index in [1.807, 2.05) is 84.9 Å². The second kappa shape index (κ2) is 9.53. The summed E-state index contributed by atoms with van der Waals surface area (Å²) in [5.74, 6) is 2.01. The molecule has 156 valence electrons. The van der Waals surface area contributed by atoms with Gasteiger partial charge in [-0.25, -0.2) is 0 Å². The number of imide groups is 1. The lowest BCUT2D eigenvalue weighted by atomic mass is 10.1. The maximum absolute atomic E-state index is 11.8. The van der Waals surface area contributed by atoms with Crippen molar-refractivity contribution < 1.29 is 19.1 Å². The molecule has 0 spiro atoms. The maximum atomic E-state index is 11.8. The van der Waals surface area contributed by atoms with Crippen LogP contribution in [0, 0.1) is 0 Å². The van der Waals surface area contributed by atoms with Crippen LogP contribution in [0.2, 0.25) is 0 Å². The number of amides is 2. The van der Waals surface area contributed by atoms with E-state index in [0.717, 1.165) is 40.0 Å². The summed E-state index contributed by atoms with van der Waals surface area (Å²) in [7, 11) is 1.65. The Labute approximate surface area is 185 Å². The molecule has 1 aliphatic heterocycles. The van der Waals surface area contributed by atoms with Crippen molar-refractivity contribution in [3.05, 3.63) is 89.5 Å². The molecule has 2 amide bonds. The van der Waals surface area contributed by atoms with Crippen LogP contribution >= 0.6 is 11.8 Å². The largest absolute Gasteiger partial charge is 0.497 e. The van der Waals surface area contributed by atoms with Gasteiger partial charge in [-0.05, 0) is 59.5 Å². The Balaban J connectivity index is 1.38. The van der Waals surface area contributed by atoms with Crippen molar-refractivity contribution in [3.63, 3.8) is 0 Å². The monoisotopic (exact) mass is 431 g/mol. The van der Waals surface area contributed by atoms with E-state index in [2.05, 4.69) is 5.32 Å². The van der Waals surface area contributed by atoms with Crippen molar-refractivity contribution in [2.45, 2.75) is 11.7 Å². The van der Waals surface area contributed by atoms with E-state index in [4.69, 9.17) is 9.47 Å². The summed E-state index contributed by atoms with van der Waals surface area (Å²) in [5, 5.41) is 1.64. The van der Waals surface area contributed by atoms with E-state index in [1.54, 1.807) is 7.11 Å². The summed E-state index contributed by atoms with van der Waals surface area (Å²) >= 11 is 1.03. The fourth-order valence-corrected chi connectivity index (χ4v) is 4.03. The molecule has 4 rings (SSSR count). The maximum Gasteiger partial charge on any atom is 0.286 e. The van der Waals surface area contributed by atoms with Crippen LogP contribution in [-0.2, 0) is 11.2 Å². The quantitative estimate of drug-likeness (QED) is 0.497. The van der Waals surface area contributed by atoms with Crippen LogP contribution < -0.4 is 14.8 Å². The van der Waals surface area contributed by atoms with Gasteiger partial charge in [0.2, 0.25) is 5.91 Å². The summed E-state index contributed by atoms with van der Waals surface area (Å²) < 4.78 is 11.1. The van der Waals surface area contributed by atoms with Gasteiger partial charge in [-0.1, -0.05) is 60.3 Å². The molecule has 1 unspecified atom stereocenters. The topological polar surface area (TPSA) is 64.6 Å². The zero-order valence-corrected chi connectivity index (χ0v) is 17.7. The van der Waals surface area contributed by atoms with Crippen molar-refractivity contribution in [2.24, 2.45) is 0 Å². The summed E-state index contributed by atoms with van der Waals surface area (Å²) in [6.07, 6.45) is 4.56. The highest BCUT2D eigenvalue weighted by Crippen LogP contribution is 2.27. The standard InChI is InChI=1S/C25H21NO4S/c1-29-20-11-7-17(8-12-20)5-6-18-9-13-21(14-10-18)30-22-4-2-3-19(15-22)16-23-24(27)26-25(28)31-23/h2-15,23H,16H2,1H3,(H,26,27,28). The van der Waals surface area contributed by atoms with Crippen molar-refractivity contribution in [3.8, 4) is 17.2 Å². The first kappa shape index (κ1) is 20.8. The first-order valence-electron chi connectivity index (χ1n) is 9.79. The van der Waals surface area contributed by atoms with Gasteiger partial charge in [0, 0.05) is 0 Å². The molecule has 1 heterocycles. The van der Waals surface area contributed by atoms with Crippen molar-refractivity contribution >= 4 is 35.1 Å². The van der Waals surface area contributed by atoms with Crippen molar-refractivity contribution in [2.75, 3.05) is 7.11 Å². The third-order valence-corrected chi connectivity index (χ3v) is 5.77. The fourth-order valence-electron chi connectivity index (χ4n) is 3.17. The molecule has 1 aliphatic rings. The number of hydrogen-bond acceptors (Lipinski definition) is 5. The van der Waals surface area contributed by atoms with Gasteiger partial charge >= 0.3 is 0 Å². The molecule has 0 aromatic heterocycles. The predicted molar refractivity (Wildman–Crippen MR) is 124 cm³/mol. The lowest BCUT2D eigenvalue weighted by Crippen LogP contribution is -2.25. The van der Waals surface area contributed by atoms with Crippen LogP contribution in [0.4, 0.5) is 4.79 Å². The molecule has 31 heavy (non-hydrogen) atoms. The van der Waals surface area contributed by atoms with E-state index in [9.17, 15) is 9.59 Å². The molecular weight excluding hydrogens is 410 g/mol. The summed E-state index contributed by atoms with van der Waals surface area (Å²) in [5.41, 5.74) is 3.10. The van der Waals surface area contributed by atoms with Crippen LogP contribution in [0.15, 0.2) is 72.8 Å². The Kier molecular flexibility index (Phi) is 6.38. The molecule has 1 atom stereocenters. The Hall–Kier alpha value is -3.51. The highest BCUT2D eigenvalue weighted by molar-refractivity contribution is 8.15. The number of rotatable bonds is 7. The molecule has 0 bridgehead atoms. The van der Waals surface area contributed by atoms with Crippen LogP contribution in [0.25, 0.3) is 12.2 Å². The van der Waals surface area contributed by atoms with E-state index < -0.39 is 0 Å². The minimum Gasteiger partial charge on any atom is -0.497 e. The minimum absolute atomic E-state index is 0.236. The Morgan fingerprint density at radius 3 is 2.10 bits per heavy atom. The van der Waals surface area contributed by atoms with Crippen LogP contribution in [0.5, 0.6) is 17.2 Å². The van der Waals surface area contributed by atoms with E-state index >= 15 is 0 Å². The Morgan fingerprint density at radius 2 is 1.52 bits per heavy atom. The van der Waals surface area contributed by atoms with Gasteiger partial charge in [0.15, 0.2) is 0 Å². The number of carbonyl (C=O) groups is 2. The first-order chi connectivity index (χ1) is 15.1. The molecule has 0 radical (unpaired) electrons. The van der Waals surface area contributed by atoms with Gasteiger partial charge < -0.3 is 9.47 Å². The predicted octanol–water partition coefficient (Wildman–Crippen LogP) is 5.55. The number of nitrogens with one attached hydrogen (secondary N) is 1. The fraction of sp³-hybridized carbons (Fsp3) is 0.120. The number of ether oxygens (including phenoxy) is 2. The number of methoxy groups -OCH3 is 1. The number of carbonyl (C=O) groups excluding carboxylic acids is 2. The molecule has 6 heteroatoms. The Bertz CT molecular complexity index is 1110. The summed E-state index contributed by atoms with van der Waals surface area (Å²) in [6, 6.07) is 23.3. The molecular formula is C25H21NO4S. The van der Waals surface area contributed by atoms with E-state index in [1.165, 1.54) is 0 Å². The van der Waals surface area contributed by atoms with Crippen molar-refractivity contribution in [1.29, 1.82) is 0 Å². The number of hydrogen-bond donors (Lipinski definition) is 1. The highest BCUT2D eigenvalue weighted by atomic mass is 32.2. The SMILES string of the molecule is COc1ccc(C=Cc2ccc(Oc3cccc(CC4SC(=O)NC4=O)c3)cc2)cc1. The average molecular weight is 432 g/mol. The number of thioether (sulfide) groups is 1. The highest BCUT2D eigenvalue weighted by Gasteiger charge is 2.31.